The first kappa shape index (κ1) is 13.9. The second-order valence-corrected chi connectivity index (χ2v) is 5.34. The standard InChI is InChI=1S/C17H18O4/c1-11-14-7-5-13(17(18)19)10-12(14)6-8-15(11)21-16-4-2-3-9-20-16/h5-8,10,16H,2-4,9H2,1H3,(H,18,19). The van der Waals surface area contributed by atoms with Crippen molar-refractivity contribution in [2.75, 3.05) is 6.61 Å². The molecule has 1 atom stereocenters. The summed E-state index contributed by atoms with van der Waals surface area (Å²) in [5.41, 5.74) is 1.31. The number of carboxylic acid groups (broad SMARTS) is 1. The van der Waals surface area contributed by atoms with E-state index < -0.39 is 5.97 Å². The number of aromatic carboxylic acids is 1. The number of carboxylic acids is 1. The quantitative estimate of drug-likeness (QED) is 0.933. The van der Waals surface area contributed by atoms with E-state index in [0.29, 0.717) is 5.56 Å². The highest BCUT2D eigenvalue weighted by molar-refractivity contribution is 5.96. The van der Waals surface area contributed by atoms with Crippen LogP contribution in [-0.2, 0) is 4.74 Å². The molecule has 1 aliphatic rings. The van der Waals surface area contributed by atoms with Crippen LogP contribution < -0.4 is 4.74 Å². The predicted octanol–water partition coefficient (Wildman–Crippen LogP) is 3.75. The molecule has 0 amide bonds. The number of ether oxygens (including phenoxy) is 2. The molecule has 4 heteroatoms. The summed E-state index contributed by atoms with van der Waals surface area (Å²) in [4.78, 5) is 11.0. The van der Waals surface area contributed by atoms with Gasteiger partial charge in [0.05, 0.1) is 12.2 Å². The number of aryl methyl sites for hydroxylation is 1. The van der Waals surface area contributed by atoms with Gasteiger partial charge in [-0.3, -0.25) is 0 Å². The zero-order valence-corrected chi connectivity index (χ0v) is 12.0. The molecule has 1 unspecified atom stereocenters. The van der Waals surface area contributed by atoms with Crippen LogP contribution in [0.2, 0.25) is 0 Å². The minimum Gasteiger partial charge on any atom is -0.478 e. The van der Waals surface area contributed by atoms with Gasteiger partial charge in [0, 0.05) is 6.42 Å². The molecule has 1 heterocycles. The lowest BCUT2D eigenvalue weighted by Gasteiger charge is -2.24. The molecule has 0 spiro atoms. The van der Waals surface area contributed by atoms with Crippen LogP contribution >= 0.6 is 0 Å². The Hall–Kier alpha value is -2.07. The fraction of sp³-hybridized carbons (Fsp3) is 0.353. The molecule has 0 bridgehead atoms. The van der Waals surface area contributed by atoms with E-state index in [-0.39, 0.29) is 6.29 Å². The van der Waals surface area contributed by atoms with Crippen molar-refractivity contribution in [2.45, 2.75) is 32.5 Å². The van der Waals surface area contributed by atoms with Crippen molar-refractivity contribution >= 4 is 16.7 Å². The lowest BCUT2D eigenvalue weighted by molar-refractivity contribution is -0.106. The van der Waals surface area contributed by atoms with Crippen molar-refractivity contribution in [1.29, 1.82) is 0 Å². The largest absolute Gasteiger partial charge is 0.478 e. The summed E-state index contributed by atoms with van der Waals surface area (Å²) in [5, 5.41) is 11.0. The fourth-order valence-electron chi connectivity index (χ4n) is 2.67. The van der Waals surface area contributed by atoms with Gasteiger partial charge in [-0.25, -0.2) is 4.79 Å². The second-order valence-electron chi connectivity index (χ2n) is 5.34. The Morgan fingerprint density at radius 1 is 1.29 bits per heavy atom. The molecule has 0 aliphatic carbocycles. The zero-order valence-electron chi connectivity index (χ0n) is 12.0. The molecule has 0 saturated carbocycles. The first-order valence-corrected chi connectivity index (χ1v) is 7.20. The Labute approximate surface area is 123 Å². The summed E-state index contributed by atoms with van der Waals surface area (Å²) in [6.45, 7) is 2.74. The topological polar surface area (TPSA) is 55.8 Å². The molecule has 1 saturated heterocycles. The Balaban J connectivity index is 1.92. The molecule has 3 rings (SSSR count). The van der Waals surface area contributed by atoms with Gasteiger partial charge >= 0.3 is 5.97 Å². The van der Waals surface area contributed by atoms with Gasteiger partial charge < -0.3 is 14.6 Å². The molecule has 110 valence electrons. The maximum atomic E-state index is 11.0. The van der Waals surface area contributed by atoms with E-state index >= 15 is 0 Å². The van der Waals surface area contributed by atoms with Gasteiger partial charge in [-0.1, -0.05) is 12.1 Å². The second kappa shape index (κ2) is 5.74. The van der Waals surface area contributed by atoms with Gasteiger partial charge in [-0.15, -0.1) is 0 Å². The van der Waals surface area contributed by atoms with E-state index in [4.69, 9.17) is 14.6 Å². The van der Waals surface area contributed by atoms with Gasteiger partial charge in [0.1, 0.15) is 5.75 Å². The number of hydrogen-bond donors (Lipinski definition) is 1. The smallest absolute Gasteiger partial charge is 0.335 e. The van der Waals surface area contributed by atoms with Crippen molar-refractivity contribution in [3.05, 3.63) is 41.5 Å². The molecule has 2 aromatic rings. The predicted molar refractivity (Wildman–Crippen MR) is 79.9 cm³/mol. The van der Waals surface area contributed by atoms with E-state index in [2.05, 4.69) is 0 Å². The number of carbonyl (C=O) groups is 1. The van der Waals surface area contributed by atoms with Gasteiger partial charge in [-0.2, -0.15) is 0 Å². The first-order valence-electron chi connectivity index (χ1n) is 7.20. The molecular weight excluding hydrogens is 268 g/mol. The first-order chi connectivity index (χ1) is 10.1. The lowest BCUT2D eigenvalue weighted by Crippen LogP contribution is -2.25. The van der Waals surface area contributed by atoms with E-state index in [0.717, 1.165) is 48.0 Å². The molecule has 1 aliphatic heterocycles. The molecular formula is C17H18O4. The average molecular weight is 286 g/mol. The highest BCUT2D eigenvalue weighted by Gasteiger charge is 2.17. The Morgan fingerprint density at radius 2 is 2.14 bits per heavy atom. The van der Waals surface area contributed by atoms with Crippen molar-refractivity contribution in [3.63, 3.8) is 0 Å². The highest BCUT2D eigenvalue weighted by Crippen LogP contribution is 2.30. The third-order valence-corrected chi connectivity index (χ3v) is 3.88. The normalized spacial score (nSPS) is 18.6. The van der Waals surface area contributed by atoms with Crippen molar-refractivity contribution in [3.8, 4) is 5.75 Å². The van der Waals surface area contributed by atoms with Crippen LogP contribution in [0.1, 0.15) is 35.2 Å². The van der Waals surface area contributed by atoms with Crippen LogP contribution in [0.3, 0.4) is 0 Å². The third-order valence-electron chi connectivity index (χ3n) is 3.88. The van der Waals surface area contributed by atoms with Crippen molar-refractivity contribution in [2.24, 2.45) is 0 Å². The summed E-state index contributed by atoms with van der Waals surface area (Å²) in [5.74, 6) is -0.108. The number of hydrogen-bond acceptors (Lipinski definition) is 3. The summed E-state index contributed by atoms with van der Waals surface area (Å²) < 4.78 is 11.5. The summed E-state index contributed by atoms with van der Waals surface area (Å²) >= 11 is 0. The fourth-order valence-corrected chi connectivity index (χ4v) is 2.67. The van der Waals surface area contributed by atoms with Crippen molar-refractivity contribution < 1.29 is 19.4 Å². The number of benzene rings is 2. The molecule has 2 aromatic carbocycles. The summed E-state index contributed by atoms with van der Waals surface area (Å²) in [7, 11) is 0. The lowest BCUT2D eigenvalue weighted by atomic mass is 10.0. The summed E-state index contributed by atoms with van der Waals surface area (Å²) in [6.07, 6.45) is 2.96. The van der Waals surface area contributed by atoms with Gasteiger partial charge in [-0.05, 0) is 54.3 Å². The van der Waals surface area contributed by atoms with E-state index in [1.807, 2.05) is 25.1 Å². The zero-order chi connectivity index (χ0) is 14.8. The Kier molecular flexibility index (Phi) is 3.80. The minimum atomic E-state index is -0.912. The van der Waals surface area contributed by atoms with Crippen LogP contribution in [-0.4, -0.2) is 24.0 Å². The summed E-state index contributed by atoms with van der Waals surface area (Å²) in [6, 6.07) is 8.93. The SMILES string of the molecule is Cc1c(OC2CCCCO2)ccc2cc(C(=O)O)ccc12. The Morgan fingerprint density at radius 3 is 2.86 bits per heavy atom. The average Bonchev–Trinajstić information content (AvgIpc) is 2.51. The van der Waals surface area contributed by atoms with Crippen LogP contribution in [0.5, 0.6) is 5.75 Å². The maximum Gasteiger partial charge on any atom is 0.335 e. The molecule has 4 nitrogen and oxygen atoms in total. The van der Waals surface area contributed by atoms with Gasteiger partial charge in [0.2, 0.25) is 0 Å². The molecule has 0 radical (unpaired) electrons. The van der Waals surface area contributed by atoms with Crippen molar-refractivity contribution in [1.82, 2.24) is 0 Å². The highest BCUT2D eigenvalue weighted by atomic mass is 16.7. The number of rotatable bonds is 3. The van der Waals surface area contributed by atoms with Crippen LogP contribution in [0.25, 0.3) is 10.8 Å². The monoisotopic (exact) mass is 286 g/mol. The molecule has 1 N–H and O–H groups in total. The molecule has 1 fully saturated rings. The Bertz CT molecular complexity index is 672. The van der Waals surface area contributed by atoms with E-state index in [1.165, 1.54) is 0 Å². The molecule has 21 heavy (non-hydrogen) atoms. The van der Waals surface area contributed by atoms with E-state index in [1.54, 1.807) is 12.1 Å². The van der Waals surface area contributed by atoms with Gasteiger partial charge in [0.25, 0.3) is 0 Å². The molecule has 0 aromatic heterocycles. The van der Waals surface area contributed by atoms with Gasteiger partial charge in [0.15, 0.2) is 6.29 Å². The number of fused-ring (bicyclic) bond motifs is 1. The maximum absolute atomic E-state index is 11.0. The third kappa shape index (κ3) is 2.85. The van der Waals surface area contributed by atoms with Crippen LogP contribution in [0.15, 0.2) is 30.3 Å². The minimum absolute atomic E-state index is 0.173. The van der Waals surface area contributed by atoms with Crippen LogP contribution in [0.4, 0.5) is 0 Å². The van der Waals surface area contributed by atoms with Crippen LogP contribution in [0, 0.1) is 6.92 Å². The van der Waals surface area contributed by atoms with E-state index in [9.17, 15) is 4.79 Å².